The van der Waals surface area contributed by atoms with Crippen LogP contribution in [0.3, 0.4) is 0 Å². The number of rotatable bonds is 5. The normalized spacial score (nSPS) is 10.4. The summed E-state index contributed by atoms with van der Waals surface area (Å²) >= 11 is 1.27. The first kappa shape index (κ1) is 13.7. The molecule has 0 bridgehead atoms. The van der Waals surface area contributed by atoms with E-state index in [-0.39, 0.29) is 23.8 Å². The van der Waals surface area contributed by atoms with Crippen LogP contribution in [0.15, 0.2) is 41.7 Å². The molecule has 1 heterocycles. The molecule has 19 heavy (non-hydrogen) atoms. The maximum atomic E-state index is 13.4. The highest BCUT2D eigenvalue weighted by Crippen LogP contribution is 2.14. The Morgan fingerprint density at radius 2 is 2.11 bits per heavy atom. The lowest BCUT2D eigenvalue weighted by Gasteiger charge is -2.02. The Bertz CT molecular complexity index is 589. The Morgan fingerprint density at radius 1 is 1.32 bits per heavy atom. The number of thioether (sulfide) groups is 1. The van der Waals surface area contributed by atoms with E-state index in [4.69, 9.17) is 0 Å². The fourth-order valence-corrected chi connectivity index (χ4v) is 2.28. The molecule has 0 unspecified atom stereocenters. The van der Waals surface area contributed by atoms with Crippen LogP contribution in [0.2, 0.25) is 0 Å². The number of aromatic nitrogens is 2. The second-order valence-corrected chi connectivity index (χ2v) is 5.02. The van der Waals surface area contributed by atoms with Crippen molar-refractivity contribution in [1.82, 2.24) is 9.97 Å². The topological polar surface area (TPSA) is 42.9 Å². The van der Waals surface area contributed by atoms with E-state index < -0.39 is 0 Å². The number of hydrogen-bond acceptors (Lipinski definition) is 4. The Kier molecular flexibility index (Phi) is 4.63. The molecular weight excluding hydrogens is 263 g/mol. The van der Waals surface area contributed by atoms with Gasteiger partial charge in [-0.1, -0.05) is 30.0 Å². The third kappa shape index (κ3) is 4.13. The van der Waals surface area contributed by atoms with Crippen LogP contribution in [0, 0.1) is 12.7 Å². The van der Waals surface area contributed by atoms with Crippen LogP contribution in [0.5, 0.6) is 0 Å². The first-order valence-electron chi connectivity index (χ1n) is 5.82. The van der Waals surface area contributed by atoms with Crippen LogP contribution >= 0.6 is 11.8 Å². The minimum absolute atomic E-state index is 0.0415. The molecule has 5 heteroatoms. The van der Waals surface area contributed by atoms with Crippen LogP contribution < -0.4 is 0 Å². The Hall–Kier alpha value is -1.75. The molecule has 0 saturated heterocycles. The minimum atomic E-state index is -0.340. The number of aryl methyl sites for hydroxylation is 1. The molecule has 3 nitrogen and oxygen atoms in total. The van der Waals surface area contributed by atoms with Gasteiger partial charge in [-0.05, 0) is 24.6 Å². The summed E-state index contributed by atoms with van der Waals surface area (Å²) in [5.41, 5.74) is 1.29. The van der Waals surface area contributed by atoms with E-state index in [0.29, 0.717) is 10.7 Å². The molecule has 1 aromatic carbocycles. The molecule has 0 fully saturated rings. The molecule has 1 aromatic heterocycles. The lowest BCUT2D eigenvalue weighted by Crippen LogP contribution is -2.07. The van der Waals surface area contributed by atoms with E-state index in [0.717, 1.165) is 5.69 Å². The van der Waals surface area contributed by atoms with Gasteiger partial charge in [-0.3, -0.25) is 4.79 Å². The molecule has 98 valence electrons. The second-order valence-electron chi connectivity index (χ2n) is 4.08. The molecule has 0 aliphatic carbocycles. The summed E-state index contributed by atoms with van der Waals surface area (Å²) in [6.45, 7) is 1.87. The predicted octanol–water partition coefficient (Wildman–Crippen LogP) is 2.83. The van der Waals surface area contributed by atoms with Crippen molar-refractivity contribution >= 4 is 17.5 Å². The number of nitrogens with zero attached hydrogens (tertiary/aromatic N) is 2. The number of benzene rings is 1. The zero-order chi connectivity index (χ0) is 13.7. The molecular formula is C14H13FN2OS. The first-order chi connectivity index (χ1) is 9.15. The summed E-state index contributed by atoms with van der Waals surface area (Å²) in [6, 6.07) is 8.12. The van der Waals surface area contributed by atoms with Gasteiger partial charge in [0, 0.05) is 18.3 Å². The quantitative estimate of drug-likeness (QED) is 0.622. The van der Waals surface area contributed by atoms with Gasteiger partial charge in [0.15, 0.2) is 5.16 Å². The van der Waals surface area contributed by atoms with Crippen molar-refractivity contribution in [1.29, 1.82) is 0 Å². The first-order valence-corrected chi connectivity index (χ1v) is 6.81. The summed E-state index contributed by atoms with van der Waals surface area (Å²) in [5, 5.41) is 0.571. The van der Waals surface area contributed by atoms with Crippen molar-refractivity contribution in [2.45, 2.75) is 18.5 Å². The molecule has 2 rings (SSSR count). The van der Waals surface area contributed by atoms with Crippen molar-refractivity contribution in [2.75, 3.05) is 5.75 Å². The molecule has 0 saturated carbocycles. The summed E-state index contributed by atoms with van der Waals surface area (Å²) < 4.78 is 13.4. The number of ketones is 1. The van der Waals surface area contributed by atoms with Gasteiger partial charge in [-0.25, -0.2) is 14.4 Å². The van der Waals surface area contributed by atoms with Crippen molar-refractivity contribution in [3.05, 3.63) is 53.6 Å². The predicted molar refractivity (Wildman–Crippen MR) is 72.6 cm³/mol. The third-order valence-corrected chi connectivity index (χ3v) is 3.40. The van der Waals surface area contributed by atoms with E-state index in [1.165, 1.54) is 17.8 Å². The lowest BCUT2D eigenvalue weighted by molar-refractivity contribution is -0.116. The van der Waals surface area contributed by atoms with Crippen molar-refractivity contribution in [3.8, 4) is 0 Å². The van der Waals surface area contributed by atoms with Crippen LogP contribution in [-0.2, 0) is 11.2 Å². The van der Waals surface area contributed by atoms with Gasteiger partial charge in [0.1, 0.15) is 11.6 Å². The summed E-state index contributed by atoms with van der Waals surface area (Å²) in [5.74, 6) is -0.134. The van der Waals surface area contributed by atoms with Gasteiger partial charge in [0.25, 0.3) is 0 Å². The number of hydrogen-bond donors (Lipinski definition) is 0. The standard InChI is InChI=1S/C14H13FN2OS/c1-10-6-7-16-14(17-10)19-9-12(18)8-11-4-2-3-5-13(11)15/h2-7H,8-9H2,1H3. The Balaban J connectivity index is 1.90. The van der Waals surface area contributed by atoms with Crippen LogP contribution in [-0.4, -0.2) is 21.5 Å². The minimum Gasteiger partial charge on any atom is -0.298 e. The SMILES string of the molecule is Cc1ccnc(SCC(=O)Cc2ccccc2F)n1. The molecule has 0 aliphatic rings. The van der Waals surface area contributed by atoms with E-state index >= 15 is 0 Å². The van der Waals surface area contributed by atoms with E-state index in [9.17, 15) is 9.18 Å². The van der Waals surface area contributed by atoms with Gasteiger partial charge < -0.3 is 0 Å². The zero-order valence-corrected chi connectivity index (χ0v) is 11.3. The van der Waals surface area contributed by atoms with E-state index in [1.54, 1.807) is 30.5 Å². The Labute approximate surface area is 115 Å². The number of carbonyl (C=O) groups is 1. The summed E-state index contributed by atoms with van der Waals surface area (Å²) in [7, 11) is 0. The second kappa shape index (κ2) is 6.43. The number of carbonyl (C=O) groups excluding carboxylic acids is 1. The lowest BCUT2D eigenvalue weighted by atomic mass is 10.1. The van der Waals surface area contributed by atoms with E-state index in [2.05, 4.69) is 9.97 Å². The smallest absolute Gasteiger partial charge is 0.188 e. The number of Topliss-reactive ketones (excluding diaryl/α,β-unsaturated/α-hetero) is 1. The third-order valence-electron chi connectivity index (χ3n) is 2.48. The van der Waals surface area contributed by atoms with Gasteiger partial charge in [-0.15, -0.1) is 0 Å². The Morgan fingerprint density at radius 3 is 2.84 bits per heavy atom. The van der Waals surface area contributed by atoms with Gasteiger partial charge in [0.2, 0.25) is 0 Å². The van der Waals surface area contributed by atoms with Gasteiger partial charge in [-0.2, -0.15) is 0 Å². The molecule has 0 radical (unpaired) electrons. The average Bonchev–Trinajstić information content (AvgIpc) is 2.39. The highest BCUT2D eigenvalue weighted by Gasteiger charge is 2.09. The molecule has 0 aliphatic heterocycles. The summed E-state index contributed by atoms with van der Waals surface area (Å²) in [4.78, 5) is 20.0. The van der Waals surface area contributed by atoms with E-state index in [1.807, 2.05) is 6.92 Å². The van der Waals surface area contributed by atoms with Gasteiger partial charge >= 0.3 is 0 Å². The van der Waals surface area contributed by atoms with Crippen molar-refractivity contribution in [3.63, 3.8) is 0 Å². The van der Waals surface area contributed by atoms with Crippen LogP contribution in [0.4, 0.5) is 4.39 Å². The molecule has 2 aromatic rings. The largest absolute Gasteiger partial charge is 0.298 e. The van der Waals surface area contributed by atoms with Crippen LogP contribution in [0.1, 0.15) is 11.3 Å². The maximum Gasteiger partial charge on any atom is 0.188 e. The highest BCUT2D eigenvalue weighted by atomic mass is 32.2. The zero-order valence-electron chi connectivity index (χ0n) is 10.5. The fourth-order valence-electron chi connectivity index (χ4n) is 1.55. The molecule has 0 N–H and O–H groups in total. The average molecular weight is 276 g/mol. The molecule has 0 atom stereocenters. The van der Waals surface area contributed by atoms with Crippen molar-refractivity contribution in [2.24, 2.45) is 0 Å². The monoisotopic (exact) mass is 276 g/mol. The summed E-state index contributed by atoms with van der Waals surface area (Å²) in [6.07, 6.45) is 1.76. The maximum absolute atomic E-state index is 13.4. The van der Waals surface area contributed by atoms with Crippen molar-refractivity contribution < 1.29 is 9.18 Å². The fraction of sp³-hybridized carbons (Fsp3) is 0.214. The highest BCUT2D eigenvalue weighted by molar-refractivity contribution is 7.99. The molecule has 0 spiro atoms. The van der Waals surface area contributed by atoms with Gasteiger partial charge in [0.05, 0.1) is 5.75 Å². The number of halogens is 1. The molecule has 0 amide bonds. The van der Waals surface area contributed by atoms with Crippen LogP contribution in [0.25, 0.3) is 0 Å².